The predicted octanol–water partition coefficient (Wildman–Crippen LogP) is 5.69. The minimum absolute atomic E-state index is 0.0268. The second kappa shape index (κ2) is 12.3. The van der Waals surface area contributed by atoms with Crippen LogP contribution < -0.4 is 14.8 Å². The molecule has 0 saturated carbocycles. The zero-order valence-corrected chi connectivity index (χ0v) is 20.2. The van der Waals surface area contributed by atoms with Crippen LogP contribution in [0.4, 0.5) is 10.5 Å². The number of benzene rings is 2. The summed E-state index contributed by atoms with van der Waals surface area (Å²) < 4.78 is 11.0. The van der Waals surface area contributed by atoms with Crippen molar-refractivity contribution in [1.29, 1.82) is 0 Å². The van der Waals surface area contributed by atoms with E-state index in [0.717, 1.165) is 41.8 Å². The van der Waals surface area contributed by atoms with Gasteiger partial charge in [0.15, 0.2) is 11.5 Å². The first-order valence-electron chi connectivity index (χ1n) is 11.3. The van der Waals surface area contributed by atoms with E-state index < -0.39 is 0 Å². The van der Waals surface area contributed by atoms with Crippen LogP contribution in [0.1, 0.15) is 50.7 Å². The molecule has 8 heteroatoms. The fourth-order valence-corrected chi connectivity index (χ4v) is 4.15. The topological polar surface area (TPSA) is 80.2 Å². The maximum Gasteiger partial charge on any atom is 0.302 e. The summed E-state index contributed by atoms with van der Waals surface area (Å²) in [7, 11) is 1.61. The summed E-state index contributed by atoms with van der Waals surface area (Å²) in [5, 5.41) is 8.92. The van der Waals surface area contributed by atoms with Crippen molar-refractivity contribution in [2.75, 3.05) is 24.8 Å². The van der Waals surface area contributed by atoms with E-state index in [9.17, 15) is 9.59 Å². The van der Waals surface area contributed by atoms with Crippen LogP contribution in [0, 0.1) is 0 Å². The molecule has 0 aliphatic carbocycles. The van der Waals surface area contributed by atoms with Crippen molar-refractivity contribution in [2.24, 2.45) is 5.10 Å². The van der Waals surface area contributed by atoms with Crippen LogP contribution in [0.25, 0.3) is 0 Å². The normalized spacial score (nSPS) is 13.5. The van der Waals surface area contributed by atoms with Gasteiger partial charge < -0.3 is 14.8 Å². The Bertz CT molecular complexity index is 992. The van der Waals surface area contributed by atoms with Crippen molar-refractivity contribution in [3.63, 3.8) is 0 Å². The van der Waals surface area contributed by atoms with Gasteiger partial charge in [-0.3, -0.25) is 9.59 Å². The molecule has 0 spiro atoms. The molecule has 0 unspecified atom stereocenters. The average molecular weight is 470 g/mol. The van der Waals surface area contributed by atoms with Crippen LogP contribution in [0.5, 0.6) is 11.5 Å². The lowest BCUT2D eigenvalue weighted by molar-refractivity contribution is -0.116. The number of hydrogen-bond acceptors (Lipinski definition) is 6. The number of nitrogens with zero attached hydrogens (tertiary/aromatic N) is 2. The molecule has 0 aromatic heterocycles. The Morgan fingerprint density at radius 1 is 1.12 bits per heavy atom. The SMILES string of the molecule is CCCCCC(=O)Nc1ccc(CN2N=C(c3ccc(OC)c(OCC)c3)CSC2=O)cc1. The van der Waals surface area contributed by atoms with Gasteiger partial charge >= 0.3 is 5.24 Å². The van der Waals surface area contributed by atoms with Crippen molar-refractivity contribution in [3.8, 4) is 11.5 Å². The molecule has 0 atom stereocenters. The molecule has 2 aromatic rings. The Hall–Kier alpha value is -3.00. The summed E-state index contributed by atoms with van der Waals surface area (Å²) in [5.41, 5.74) is 3.39. The minimum Gasteiger partial charge on any atom is -0.493 e. The Balaban J connectivity index is 1.68. The first kappa shape index (κ1) is 24.6. The lowest BCUT2D eigenvalue weighted by Gasteiger charge is -2.23. The number of rotatable bonds is 11. The number of anilines is 1. The van der Waals surface area contributed by atoms with Crippen LogP contribution in [0.15, 0.2) is 47.6 Å². The molecule has 1 aliphatic heterocycles. The monoisotopic (exact) mass is 469 g/mol. The van der Waals surface area contributed by atoms with Crippen molar-refractivity contribution in [2.45, 2.75) is 46.1 Å². The first-order chi connectivity index (χ1) is 16.0. The summed E-state index contributed by atoms with van der Waals surface area (Å²) in [4.78, 5) is 24.5. The highest BCUT2D eigenvalue weighted by atomic mass is 32.2. The molecule has 7 nitrogen and oxygen atoms in total. The number of hydrazone groups is 1. The molecule has 3 rings (SSSR count). The summed E-state index contributed by atoms with van der Waals surface area (Å²) in [6.07, 6.45) is 3.57. The third-order valence-electron chi connectivity index (χ3n) is 5.16. The van der Waals surface area contributed by atoms with Crippen molar-refractivity contribution in [3.05, 3.63) is 53.6 Å². The molecule has 1 heterocycles. The van der Waals surface area contributed by atoms with Gasteiger partial charge in [-0.25, -0.2) is 5.01 Å². The van der Waals surface area contributed by atoms with E-state index in [1.54, 1.807) is 7.11 Å². The van der Waals surface area contributed by atoms with Crippen molar-refractivity contribution < 1.29 is 19.1 Å². The molecule has 1 N–H and O–H groups in total. The fraction of sp³-hybridized carbons (Fsp3) is 0.400. The number of unbranched alkanes of at least 4 members (excludes halogenated alkanes) is 2. The Morgan fingerprint density at radius 2 is 1.91 bits per heavy atom. The summed E-state index contributed by atoms with van der Waals surface area (Å²) in [6, 6.07) is 13.2. The highest BCUT2D eigenvalue weighted by Crippen LogP contribution is 2.30. The smallest absolute Gasteiger partial charge is 0.302 e. The largest absolute Gasteiger partial charge is 0.493 e. The summed E-state index contributed by atoms with van der Waals surface area (Å²) >= 11 is 1.23. The molecule has 0 fully saturated rings. The highest BCUT2D eigenvalue weighted by molar-refractivity contribution is 8.14. The number of carbonyl (C=O) groups excluding carboxylic acids is 2. The molecule has 1 aliphatic rings. The summed E-state index contributed by atoms with van der Waals surface area (Å²) in [6.45, 7) is 4.92. The predicted molar refractivity (Wildman–Crippen MR) is 133 cm³/mol. The van der Waals surface area contributed by atoms with Crippen LogP contribution in [-0.4, -0.2) is 41.3 Å². The van der Waals surface area contributed by atoms with E-state index in [1.165, 1.54) is 16.8 Å². The number of nitrogens with one attached hydrogen (secondary N) is 1. The molecular formula is C25H31N3O4S. The van der Waals surface area contributed by atoms with Gasteiger partial charge in [-0.2, -0.15) is 5.10 Å². The second-order valence-electron chi connectivity index (χ2n) is 7.66. The Kier molecular flexibility index (Phi) is 9.18. The van der Waals surface area contributed by atoms with E-state index in [0.29, 0.717) is 36.8 Å². The number of ether oxygens (including phenoxy) is 2. The quantitative estimate of drug-likeness (QED) is 0.428. The van der Waals surface area contributed by atoms with Gasteiger partial charge in [0, 0.05) is 23.4 Å². The first-order valence-corrected chi connectivity index (χ1v) is 12.2. The lowest BCUT2D eigenvalue weighted by Crippen LogP contribution is -2.29. The second-order valence-corrected chi connectivity index (χ2v) is 8.59. The van der Waals surface area contributed by atoms with Gasteiger partial charge in [-0.05, 0) is 49.2 Å². The van der Waals surface area contributed by atoms with Crippen LogP contribution in [-0.2, 0) is 11.3 Å². The van der Waals surface area contributed by atoms with Gasteiger partial charge in [-0.1, -0.05) is 43.7 Å². The number of amides is 2. The zero-order chi connectivity index (χ0) is 23.6. The lowest BCUT2D eigenvalue weighted by atomic mass is 10.1. The van der Waals surface area contributed by atoms with Crippen molar-refractivity contribution in [1.82, 2.24) is 5.01 Å². The summed E-state index contributed by atoms with van der Waals surface area (Å²) in [5.74, 6) is 1.84. The number of thioether (sulfide) groups is 1. The molecule has 176 valence electrons. The van der Waals surface area contributed by atoms with E-state index in [1.807, 2.05) is 49.4 Å². The fourth-order valence-electron chi connectivity index (χ4n) is 3.41. The maximum atomic E-state index is 12.5. The highest BCUT2D eigenvalue weighted by Gasteiger charge is 2.23. The average Bonchev–Trinajstić information content (AvgIpc) is 2.82. The third-order valence-corrected chi connectivity index (χ3v) is 6.03. The number of hydrogen-bond donors (Lipinski definition) is 1. The standard InChI is InChI=1S/C25H31N3O4S/c1-4-6-7-8-24(29)26-20-12-9-18(10-13-20)16-28-25(30)33-17-21(27-28)19-11-14-22(31-3)23(15-19)32-5-2/h9-15H,4-8,16-17H2,1-3H3,(H,26,29). The zero-order valence-electron chi connectivity index (χ0n) is 19.4. The van der Waals surface area contributed by atoms with Gasteiger partial charge in [0.05, 0.1) is 26.0 Å². The van der Waals surface area contributed by atoms with Gasteiger partial charge in [0.1, 0.15) is 0 Å². The van der Waals surface area contributed by atoms with Crippen LogP contribution in [0.3, 0.4) is 0 Å². The van der Waals surface area contributed by atoms with Crippen LogP contribution in [0.2, 0.25) is 0 Å². The maximum absolute atomic E-state index is 12.5. The molecule has 0 saturated heterocycles. The van der Waals surface area contributed by atoms with Gasteiger partial charge in [0.25, 0.3) is 0 Å². The molecule has 33 heavy (non-hydrogen) atoms. The van der Waals surface area contributed by atoms with E-state index >= 15 is 0 Å². The molecular weight excluding hydrogens is 438 g/mol. The molecule has 2 amide bonds. The number of methoxy groups -OCH3 is 1. The third kappa shape index (κ3) is 6.99. The van der Waals surface area contributed by atoms with E-state index in [2.05, 4.69) is 17.3 Å². The van der Waals surface area contributed by atoms with Gasteiger partial charge in [0.2, 0.25) is 5.91 Å². The van der Waals surface area contributed by atoms with Crippen LogP contribution >= 0.6 is 11.8 Å². The molecule has 0 bridgehead atoms. The Labute approximate surface area is 199 Å². The Morgan fingerprint density at radius 3 is 2.61 bits per heavy atom. The minimum atomic E-state index is -0.0920. The van der Waals surface area contributed by atoms with E-state index in [4.69, 9.17) is 9.47 Å². The van der Waals surface area contributed by atoms with Crippen molar-refractivity contribution >= 4 is 34.3 Å². The molecule has 2 aromatic carbocycles. The molecule has 0 radical (unpaired) electrons. The van der Waals surface area contributed by atoms with Gasteiger partial charge in [-0.15, -0.1) is 0 Å². The number of carbonyl (C=O) groups is 2. The van der Waals surface area contributed by atoms with E-state index in [-0.39, 0.29) is 11.1 Å².